The highest BCUT2D eigenvalue weighted by atomic mass is 15.1. The number of rotatable bonds is 4. The summed E-state index contributed by atoms with van der Waals surface area (Å²) in [5.74, 6) is 0. The first-order valence-corrected chi connectivity index (χ1v) is 5.57. The van der Waals surface area contributed by atoms with Crippen molar-refractivity contribution in [3.05, 3.63) is 0 Å². The number of hydrogen-bond donors (Lipinski definition) is 1. The lowest BCUT2D eigenvalue weighted by Gasteiger charge is -2.32. The third-order valence-electron chi connectivity index (χ3n) is 2.93. The smallest absolute Gasteiger partial charge is 0.0638 e. The number of likely N-dealkylation sites (tertiary alicyclic amines) is 1. The van der Waals surface area contributed by atoms with E-state index >= 15 is 0 Å². The maximum absolute atomic E-state index is 8.65. The Hall–Kier alpha value is -0.590. The van der Waals surface area contributed by atoms with Gasteiger partial charge in [-0.25, -0.2) is 0 Å². The molecule has 1 aliphatic rings. The largest absolute Gasteiger partial charge is 0.309 e. The molecule has 1 aliphatic heterocycles. The topological polar surface area (TPSA) is 39.1 Å². The minimum absolute atomic E-state index is 0.386. The maximum Gasteiger partial charge on any atom is 0.0638 e. The first-order valence-electron chi connectivity index (χ1n) is 5.57. The highest BCUT2D eigenvalue weighted by Crippen LogP contribution is 2.10. The van der Waals surface area contributed by atoms with Crippen molar-refractivity contribution in [3.63, 3.8) is 0 Å². The normalized spacial score (nSPS) is 25.6. The molecule has 0 aromatic heterocycles. The van der Waals surface area contributed by atoms with Gasteiger partial charge in [-0.15, -0.1) is 0 Å². The Balaban J connectivity index is 2.30. The van der Waals surface area contributed by atoms with Crippen LogP contribution in [0.5, 0.6) is 0 Å². The molecular weight excluding hydrogens is 174 g/mol. The molecule has 2 atom stereocenters. The van der Waals surface area contributed by atoms with Crippen LogP contribution in [0.2, 0.25) is 0 Å². The number of nitrogens with zero attached hydrogens (tertiary/aromatic N) is 2. The van der Waals surface area contributed by atoms with Crippen LogP contribution in [0, 0.1) is 11.3 Å². The lowest BCUT2D eigenvalue weighted by atomic mass is 10.0. The second-order valence-electron chi connectivity index (χ2n) is 4.24. The van der Waals surface area contributed by atoms with Crippen LogP contribution in [0.25, 0.3) is 0 Å². The molecule has 1 saturated heterocycles. The minimum atomic E-state index is 0.386. The molecule has 2 unspecified atom stereocenters. The molecule has 0 amide bonds. The molecule has 1 rings (SSSR count). The van der Waals surface area contributed by atoms with E-state index in [0.29, 0.717) is 18.5 Å². The minimum Gasteiger partial charge on any atom is -0.309 e. The lowest BCUT2D eigenvalue weighted by molar-refractivity contribution is 0.215. The summed E-state index contributed by atoms with van der Waals surface area (Å²) in [5.41, 5.74) is 0. The summed E-state index contributed by atoms with van der Waals surface area (Å²) in [5, 5.41) is 12.2. The molecule has 0 bridgehead atoms. The molecule has 1 heterocycles. The van der Waals surface area contributed by atoms with Gasteiger partial charge in [-0.05, 0) is 32.9 Å². The van der Waals surface area contributed by atoms with Crippen LogP contribution in [0.3, 0.4) is 0 Å². The number of nitriles is 1. The Morgan fingerprint density at radius 1 is 1.64 bits per heavy atom. The summed E-state index contributed by atoms with van der Waals surface area (Å²) in [4.78, 5) is 2.36. The highest BCUT2D eigenvalue weighted by molar-refractivity contribution is 4.85. The molecule has 0 saturated carbocycles. The Morgan fingerprint density at radius 3 is 3.00 bits per heavy atom. The van der Waals surface area contributed by atoms with Gasteiger partial charge in [-0.2, -0.15) is 5.26 Å². The van der Waals surface area contributed by atoms with Gasteiger partial charge < -0.3 is 10.2 Å². The van der Waals surface area contributed by atoms with Crippen LogP contribution in [0.1, 0.15) is 32.6 Å². The number of hydrogen-bond acceptors (Lipinski definition) is 3. The average molecular weight is 195 g/mol. The fourth-order valence-electron chi connectivity index (χ4n) is 2.07. The van der Waals surface area contributed by atoms with Crippen molar-refractivity contribution in [1.29, 1.82) is 5.26 Å². The maximum atomic E-state index is 8.65. The summed E-state index contributed by atoms with van der Waals surface area (Å²) < 4.78 is 0. The van der Waals surface area contributed by atoms with E-state index in [-0.39, 0.29) is 0 Å². The van der Waals surface area contributed by atoms with Crippen molar-refractivity contribution < 1.29 is 0 Å². The third kappa shape index (κ3) is 3.65. The molecular formula is C11H21N3. The molecule has 0 aliphatic carbocycles. The fraction of sp³-hybridized carbons (Fsp3) is 0.909. The van der Waals surface area contributed by atoms with E-state index in [1.54, 1.807) is 0 Å². The molecule has 1 N–H and O–H groups in total. The standard InChI is InChI=1S/C11H21N3/c1-3-10(6-7-12)13-11-5-4-8-14(2)9-11/h10-11,13H,3-6,8-9H2,1-2H3. The third-order valence-corrected chi connectivity index (χ3v) is 2.93. The van der Waals surface area contributed by atoms with Gasteiger partial charge in [-0.3, -0.25) is 0 Å². The van der Waals surface area contributed by atoms with Crippen molar-refractivity contribution >= 4 is 0 Å². The van der Waals surface area contributed by atoms with Gasteiger partial charge >= 0.3 is 0 Å². The quantitative estimate of drug-likeness (QED) is 0.736. The predicted molar refractivity (Wildman–Crippen MR) is 58.0 cm³/mol. The van der Waals surface area contributed by atoms with E-state index in [2.05, 4.69) is 30.3 Å². The van der Waals surface area contributed by atoms with Crippen LogP contribution in [-0.4, -0.2) is 37.1 Å². The van der Waals surface area contributed by atoms with E-state index in [1.165, 1.54) is 19.4 Å². The summed E-state index contributed by atoms with van der Waals surface area (Å²) >= 11 is 0. The Kier molecular flexibility index (Phi) is 4.92. The van der Waals surface area contributed by atoms with Gasteiger partial charge in [0, 0.05) is 18.6 Å². The summed E-state index contributed by atoms with van der Waals surface area (Å²) in [6.07, 6.45) is 4.22. The zero-order valence-corrected chi connectivity index (χ0v) is 9.29. The molecule has 0 spiro atoms. The van der Waals surface area contributed by atoms with Gasteiger partial charge in [0.25, 0.3) is 0 Å². The molecule has 3 nitrogen and oxygen atoms in total. The molecule has 0 radical (unpaired) electrons. The van der Waals surface area contributed by atoms with Crippen molar-refractivity contribution in [2.24, 2.45) is 0 Å². The van der Waals surface area contributed by atoms with Crippen molar-refractivity contribution in [3.8, 4) is 6.07 Å². The van der Waals surface area contributed by atoms with Crippen molar-refractivity contribution in [1.82, 2.24) is 10.2 Å². The zero-order valence-electron chi connectivity index (χ0n) is 9.29. The van der Waals surface area contributed by atoms with Gasteiger partial charge in [0.2, 0.25) is 0 Å². The van der Waals surface area contributed by atoms with Gasteiger partial charge in [0.15, 0.2) is 0 Å². The molecule has 3 heteroatoms. The van der Waals surface area contributed by atoms with E-state index in [4.69, 9.17) is 5.26 Å². The number of piperidine rings is 1. The van der Waals surface area contributed by atoms with E-state index in [9.17, 15) is 0 Å². The molecule has 0 aromatic rings. The summed E-state index contributed by atoms with van der Waals surface area (Å²) in [6, 6.07) is 3.22. The van der Waals surface area contributed by atoms with Crippen molar-refractivity contribution in [2.45, 2.75) is 44.7 Å². The SMILES string of the molecule is CCC(CC#N)NC1CCCN(C)C1. The first-order chi connectivity index (χ1) is 6.76. The molecule has 0 aromatic carbocycles. The van der Waals surface area contributed by atoms with Gasteiger partial charge in [-0.1, -0.05) is 6.92 Å². The summed E-state index contributed by atoms with van der Waals surface area (Å²) in [6.45, 7) is 4.48. The van der Waals surface area contributed by atoms with Crippen LogP contribution in [0.4, 0.5) is 0 Å². The highest BCUT2D eigenvalue weighted by Gasteiger charge is 2.19. The second kappa shape index (κ2) is 6.00. The zero-order chi connectivity index (χ0) is 10.4. The monoisotopic (exact) mass is 195 g/mol. The average Bonchev–Trinajstić information content (AvgIpc) is 2.17. The Labute approximate surface area is 87.1 Å². The predicted octanol–water partition coefficient (Wildman–Crippen LogP) is 1.36. The Bertz CT molecular complexity index is 197. The van der Waals surface area contributed by atoms with E-state index in [0.717, 1.165) is 13.0 Å². The fourth-order valence-corrected chi connectivity index (χ4v) is 2.07. The summed E-state index contributed by atoms with van der Waals surface area (Å²) in [7, 11) is 2.17. The molecule has 1 fully saturated rings. The van der Waals surface area contributed by atoms with Crippen LogP contribution >= 0.6 is 0 Å². The van der Waals surface area contributed by atoms with E-state index in [1.807, 2.05) is 0 Å². The Morgan fingerprint density at radius 2 is 2.43 bits per heavy atom. The van der Waals surface area contributed by atoms with Gasteiger partial charge in [0.1, 0.15) is 0 Å². The lowest BCUT2D eigenvalue weighted by Crippen LogP contribution is -2.47. The number of nitrogens with one attached hydrogen (secondary N) is 1. The number of likely N-dealkylation sites (N-methyl/N-ethyl adjacent to an activating group) is 1. The first kappa shape index (κ1) is 11.5. The second-order valence-corrected chi connectivity index (χ2v) is 4.24. The van der Waals surface area contributed by atoms with Crippen LogP contribution < -0.4 is 5.32 Å². The van der Waals surface area contributed by atoms with Crippen molar-refractivity contribution in [2.75, 3.05) is 20.1 Å². The van der Waals surface area contributed by atoms with Crippen LogP contribution in [-0.2, 0) is 0 Å². The molecule has 80 valence electrons. The van der Waals surface area contributed by atoms with Gasteiger partial charge in [0.05, 0.1) is 12.5 Å². The van der Waals surface area contributed by atoms with Crippen LogP contribution in [0.15, 0.2) is 0 Å². The van der Waals surface area contributed by atoms with E-state index < -0.39 is 0 Å². The molecule has 14 heavy (non-hydrogen) atoms.